The zero-order chi connectivity index (χ0) is 86.1. The molecule has 15 aromatic rings. The molecule has 17 rings (SSSR count). The van der Waals surface area contributed by atoms with Crippen molar-refractivity contribution in [1.29, 1.82) is 0 Å². The van der Waals surface area contributed by atoms with E-state index in [9.17, 15) is 21.6 Å². The molecule has 3 radical (unpaired) electrons. The normalized spacial score (nSPS) is 12.2. The van der Waals surface area contributed by atoms with E-state index < -0.39 is 28.5 Å². The number of pyridine rings is 5. The van der Waals surface area contributed by atoms with E-state index in [-0.39, 0.29) is 68.2 Å². The molecule has 0 bridgehead atoms. The number of ether oxygens (including phenoxy) is 1. The van der Waals surface area contributed by atoms with Gasteiger partial charge >= 0.3 is 22.7 Å². The number of aryl methyl sites for hydroxylation is 6. The minimum absolute atomic E-state index is 0. The number of hydrogen-bond donors (Lipinski definition) is 2. The molecule has 0 spiro atoms. The van der Waals surface area contributed by atoms with Crippen LogP contribution in [-0.2, 0) is 70.4 Å². The van der Waals surface area contributed by atoms with Crippen molar-refractivity contribution >= 4 is 35.9 Å². The van der Waals surface area contributed by atoms with Gasteiger partial charge in [-0.3, -0.25) is 0 Å². The van der Waals surface area contributed by atoms with Gasteiger partial charge in [0, 0.05) is 95.9 Å². The van der Waals surface area contributed by atoms with Crippen LogP contribution in [0.25, 0.3) is 89.7 Å². The zero-order valence-electron chi connectivity index (χ0n) is 70.7. The Morgan fingerprint density at radius 2 is 0.856 bits per heavy atom. The zero-order valence-corrected chi connectivity index (χ0v) is 79.6. The Balaban J connectivity index is 0.000000184. The van der Waals surface area contributed by atoms with E-state index in [0.717, 1.165) is 91.2 Å². The molecule has 647 valence electrons. The van der Waals surface area contributed by atoms with Gasteiger partial charge in [-0.2, -0.15) is 21.6 Å². The van der Waals surface area contributed by atoms with Crippen molar-refractivity contribution in [1.82, 2.24) is 24.9 Å². The van der Waals surface area contributed by atoms with Gasteiger partial charge in [0.25, 0.3) is 0 Å². The van der Waals surface area contributed by atoms with Crippen molar-refractivity contribution in [2.24, 2.45) is 0 Å². The topological polar surface area (TPSA) is 158 Å². The molecule has 2 aliphatic rings. The average Bonchev–Trinajstić information content (AvgIpc) is 0.773. The fourth-order valence-corrected chi connectivity index (χ4v) is 19.0. The van der Waals surface area contributed by atoms with Crippen LogP contribution in [0, 0.1) is 71.9 Å². The third kappa shape index (κ3) is 30.8. The van der Waals surface area contributed by atoms with Gasteiger partial charge in [-0.25, -0.2) is 0 Å². The number of aromatic nitrogens is 5. The smallest absolute Gasteiger partial charge is 0.496 e. The summed E-state index contributed by atoms with van der Waals surface area (Å²) in [5.74, 6) is 0.566. The van der Waals surface area contributed by atoms with Crippen LogP contribution in [0.15, 0.2) is 328 Å². The molecule has 11 nitrogen and oxygen atoms in total. The molecule has 5 heterocycles. The minimum Gasteiger partial charge on any atom is -0.496 e. The van der Waals surface area contributed by atoms with Crippen LogP contribution in [0.3, 0.4) is 0 Å². The van der Waals surface area contributed by atoms with E-state index in [1.54, 1.807) is 54.0 Å². The number of benzene rings is 10. The third-order valence-corrected chi connectivity index (χ3v) is 24.7. The summed E-state index contributed by atoms with van der Waals surface area (Å²) in [5.41, 5.74) is 20.4. The number of nitrogens with zero attached hydrogens (tertiary/aromatic N) is 5. The number of hydrogen-bond acceptors (Lipinski definition) is 11. The van der Waals surface area contributed by atoms with E-state index in [1.807, 2.05) is 148 Å². The Morgan fingerprint density at radius 3 is 1.31 bits per heavy atom. The maximum atomic E-state index is 12.2. The molecule has 125 heavy (non-hydrogen) atoms. The summed E-state index contributed by atoms with van der Waals surface area (Å²) in [7, 11) is -5.34. The molecule has 0 amide bonds. The first kappa shape index (κ1) is 100. The van der Waals surface area contributed by atoms with Gasteiger partial charge in [0.05, 0.1) is 12.9 Å². The molecule has 0 saturated heterocycles. The van der Waals surface area contributed by atoms with Gasteiger partial charge in [-0.05, 0) is 170 Å². The Bertz CT molecular complexity index is 5570. The van der Waals surface area contributed by atoms with Crippen molar-refractivity contribution < 1.29 is 101 Å². The first-order valence-corrected chi connectivity index (χ1v) is 43.8. The summed E-state index contributed by atoms with van der Waals surface area (Å²) in [6.45, 7) is 12.5. The van der Waals surface area contributed by atoms with Crippen LogP contribution < -0.4 is 19.7 Å². The minimum atomic E-state index is -5.68. The van der Waals surface area contributed by atoms with Crippen LogP contribution in [0.2, 0.25) is 0 Å². The van der Waals surface area contributed by atoms with E-state index in [2.05, 4.69) is 215 Å². The molecule has 2 aliphatic carbocycles. The van der Waals surface area contributed by atoms with Crippen molar-refractivity contribution in [3.8, 4) is 101 Å². The summed E-state index contributed by atoms with van der Waals surface area (Å²) in [5, 5.41) is 18.8. The Morgan fingerprint density at radius 1 is 0.416 bits per heavy atom. The first-order chi connectivity index (χ1) is 59.2. The number of halogens is 3. The molecule has 2 fully saturated rings. The predicted octanol–water partition coefficient (Wildman–Crippen LogP) is 24.7. The molecular formula is C105H99BF3Ir3N5O6PS-5. The van der Waals surface area contributed by atoms with Gasteiger partial charge < -0.3 is 43.9 Å². The molecule has 0 aliphatic heterocycles. The maximum Gasteiger partial charge on any atom is 0.534 e. The van der Waals surface area contributed by atoms with Crippen molar-refractivity contribution in [2.75, 3.05) is 7.11 Å². The van der Waals surface area contributed by atoms with Crippen LogP contribution >= 0.6 is 7.92 Å². The predicted molar refractivity (Wildman–Crippen MR) is 492 cm³/mol. The van der Waals surface area contributed by atoms with Crippen molar-refractivity contribution in [2.45, 2.75) is 123 Å². The van der Waals surface area contributed by atoms with Crippen LogP contribution in [0.5, 0.6) is 11.5 Å². The fourth-order valence-electron chi connectivity index (χ4n) is 14.6. The largest absolute Gasteiger partial charge is 0.534 e. The molecule has 2 N–H and O–H groups in total. The second kappa shape index (κ2) is 51.3. The van der Waals surface area contributed by atoms with E-state index in [4.69, 9.17) is 14.8 Å². The van der Waals surface area contributed by atoms with Gasteiger partial charge in [0.15, 0.2) is 0 Å². The quantitative estimate of drug-likeness (QED) is 0.0331. The van der Waals surface area contributed by atoms with Crippen LogP contribution in [-0.4, -0.2) is 74.4 Å². The fraction of sp³-hybridized carbons (Fsp3) is 0.190. The Hall–Kier alpha value is -10.3. The summed E-state index contributed by atoms with van der Waals surface area (Å²) in [4.78, 5) is 21.7. The number of rotatable bonds is 15. The van der Waals surface area contributed by atoms with E-state index in [0.29, 0.717) is 16.7 Å². The summed E-state index contributed by atoms with van der Waals surface area (Å²) in [6.07, 6.45) is 19.5. The Labute approximate surface area is 778 Å². The summed E-state index contributed by atoms with van der Waals surface area (Å²) in [6, 6.07) is 116. The van der Waals surface area contributed by atoms with Crippen molar-refractivity contribution in [3.05, 3.63) is 392 Å². The molecular weight excluding hydrogens is 2130 g/mol. The van der Waals surface area contributed by atoms with E-state index >= 15 is 0 Å². The molecule has 5 aromatic heterocycles. The number of alkyl halides is 3. The second-order valence-electron chi connectivity index (χ2n) is 29.6. The van der Waals surface area contributed by atoms with Gasteiger partial charge in [-0.1, -0.05) is 253 Å². The van der Waals surface area contributed by atoms with Crippen molar-refractivity contribution in [3.63, 3.8) is 0 Å². The van der Waals surface area contributed by atoms with Gasteiger partial charge in [0.2, 0.25) is 0 Å². The molecule has 10 aromatic carbocycles. The molecule has 0 unspecified atom stereocenters. The van der Waals surface area contributed by atoms with Gasteiger partial charge in [-0.15, -0.1) is 160 Å². The second-order valence-corrected chi connectivity index (χ2v) is 33.9. The SMILES string of the molecule is COc1cccc(C)c1-c1ccccc1P(C1CCCCC1)C1CCCCC1.Cc1[c-]c(-c2ccccn2)cc(-c2ccccc2)c1.Cc1cc(C)nc(-c2[c-]cccc2)c1.Cc1cc(C)nc(-c2[c-]cccc2)c1.O=S(=O)(Oc1cc[c-]c(-c2ccccn2)c1)C(F)(F)F.OB(O)c1ccccc1.[Ir].[Ir].[Ir].[c-]1ccc(-c2ccccc2)cc1-c1ccccn1. The summed E-state index contributed by atoms with van der Waals surface area (Å²) < 4.78 is 68.3. The average molecular weight is 2230 g/mol. The van der Waals surface area contributed by atoms with Crippen LogP contribution in [0.1, 0.15) is 97.8 Å². The van der Waals surface area contributed by atoms with E-state index in [1.165, 1.54) is 127 Å². The maximum absolute atomic E-state index is 12.2. The molecule has 2 saturated carbocycles. The third-order valence-electron chi connectivity index (χ3n) is 20.2. The van der Waals surface area contributed by atoms with Gasteiger partial charge in [0.1, 0.15) is 5.75 Å². The number of methoxy groups -OCH3 is 1. The van der Waals surface area contributed by atoms with Crippen LogP contribution in [0.4, 0.5) is 13.2 Å². The molecule has 20 heteroatoms. The summed E-state index contributed by atoms with van der Waals surface area (Å²) >= 11 is 0. The standard InChI is InChI=1S/C26H35OP.C18H14N.C17H12N.2C13H12N.C12H7F3NO3S.C6H7BO2.3Ir/c1-20-12-11-18-24(27-2)26(20)23-17-9-10-19-25(23)28(21-13-5-3-6-14-21)22-15-7-4-8-16-22;1-14-11-16(15-7-3-2-4-8-15)13-17(12-14)18-9-5-6-10-19-18;1-2-7-14(8-3-1)15-9-6-10-16(13-15)17-11-4-5-12-18-17;2*1-10-8-11(2)14-13(9-10)12-6-4-3-5-7-12;13-12(14,15)20(17,18)19-10-5-3-4-9(8-10)11-6-1-2-7-16-11;8-7(9)6-4-2-1-3-5-6;;;/h9-12,17-19,21-22H,3-8,13-16H2,1-2H3;2-11,13H,1H3;1-9,11-13H;2*3-6,8-9H,1-2H3;1-3,5-8H;1-5,8-9H;;;/q;5*-1;;;;. The molecule has 0 atom stereocenters. The first-order valence-electron chi connectivity index (χ1n) is 40.9. The Kier molecular flexibility index (Phi) is 41.1. The monoisotopic (exact) mass is 2240 g/mol.